The van der Waals surface area contributed by atoms with Crippen LogP contribution < -0.4 is 0 Å². The molecule has 1 aliphatic rings. The molecule has 1 aromatic rings. The molecule has 1 aromatic carbocycles. The first-order chi connectivity index (χ1) is 9.04. The Hall–Kier alpha value is -1.30. The topological polar surface area (TPSA) is 0 Å². The molecule has 0 spiro atoms. The van der Waals surface area contributed by atoms with Crippen LogP contribution in [0.5, 0.6) is 0 Å². The predicted molar refractivity (Wildman–Crippen MR) is 86.2 cm³/mol. The maximum atomic E-state index is 4.09. The Morgan fingerprint density at radius 1 is 1.32 bits per heavy atom. The molecule has 0 aromatic heterocycles. The first-order valence-electron chi connectivity index (χ1n) is 7.51. The zero-order valence-electron chi connectivity index (χ0n) is 12.8. The molecule has 19 heavy (non-hydrogen) atoms. The van der Waals surface area contributed by atoms with Crippen molar-refractivity contribution in [1.29, 1.82) is 0 Å². The lowest BCUT2D eigenvalue weighted by Gasteiger charge is -2.30. The first-order valence-corrected chi connectivity index (χ1v) is 7.51. The Kier molecular flexibility index (Phi) is 4.29. The molecule has 0 saturated heterocycles. The van der Waals surface area contributed by atoms with E-state index in [9.17, 15) is 0 Å². The van der Waals surface area contributed by atoms with Gasteiger partial charge in [-0.2, -0.15) is 0 Å². The Morgan fingerprint density at radius 2 is 2.00 bits per heavy atom. The molecule has 0 heterocycles. The molecule has 0 radical (unpaired) electrons. The SMILES string of the molecule is C=C(C)c1ccc(C2CCC2)c(/C(=C/C)C(C)C)c1. The van der Waals surface area contributed by atoms with Gasteiger partial charge < -0.3 is 0 Å². The minimum absolute atomic E-state index is 0.573. The second-order valence-corrected chi connectivity index (χ2v) is 6.11. The van der Waals surface area contributed by atoms with Crippen LogP contribution in [-0.4, -0.2) is 0 Å². The average molecular weight is 254 g/mol. The number of rotatable bonds is 4. The molecule has 0 unspecified atom stereocenters. The summed E-state index contributed by atoms with van der Waals surface area (Å²) in [4.78, 5) is 0. The third kappa shape index (κ3) is 2.83. The fourth-order valence-corrected chi connectivity index (χ4v) is 2.95. The van der Waals surface area contributed by atoms with Crippen LogP contribution in [0.15, 0.2) is 30.9 Å². The molecule has 0 amide bonds. The van der Waals surface area contributed by atoms with Crippen molar-refractivity contribution >= 4 is 11.1 Å². The number of allylic oxidation sites excluding steroid dienone is 3. The van der Waals surface area contributed by atoms with Crippen molar-refractivity contribution < 1.29 is 0 Å². The van der Waals surface area contributed by atoms with Gasteiger partial charge in [0.1, 0.15) is 0 Å². The minimum Gasteiger partial charge on any atom is -0.0955 e. The van der Waals surface area contributed by atoms with Crippen LogP contribution in [0.2, 0.25) is 0 Å². The maximum Gasteiger partial charge on any atom is -0.0156 e. The molecular formula is C19H26. The van der Waals surface area contributed by atoms with E-state index in [-0.39, 0.29) is 0 Å². The summed E-state index contributed by atoms with van der Waals surface area (Å²) in [5.41, 5.74) is 6.92. The van der Waals surface area contributed by atoms with Gasteiger partial charge in [-0.1, -0.05) is 50.6 Å². The summed E-state index contributed by atoms with van der Waals surface area (Å²) < 4.78 is 0. The van der Waals surface area contributed by atoms with Crippen LogP contribution in [0.4, 0.5) is 0 Å². The van der Waals surface area contributed by atoms with Gasteiger partial charge in [0, 0.05) is 0 Å². The normalized spacial score (nSPS) is 16.6. The van der Waals surface area contributed by atoms with E-state index in [0.717, 1.165) is 11.5 Å². The first kappa shape index (κ1) is 14.1. The fourth-order valence-electron chi connectivity index (χ4n) is 2.95. The maximum absolute atomic E-state index is 4.09. The molecule has 0 bridgehead atoms. The van der Waals surface area contributed by atoms with Crippen LogP contribution in [0.3, 0.4) is 0 Å². The molecule has 0 aliphatic heterocycles. The van der Waals surface area contributed by atoms with Crippen LogP contribution >= 0.6 is 0 Å². The lowest BCUT2D eigenvalue weighted by atomic mass is 9.75. The zero-order valence-corrected chi connectivity index (χ0v) is 12.8. The minimum atomic E-state index is 0.573. The fraction of sp³-hybridized carbons (Fsp3) is 0.474. The number of benzene rings is 1. The molecule has 0 nitrogen and oxygen atoms in total. The van der Waals surface area contributed by atoms with Gasteiger partial charge in [0.2, 0.25) is 0 Å². The van der Waals surface area contributed by atoms with E-state index >= 15 is 0 Å². The van der Waals surface area contributed by atoms with Crippen LogP contribution in [-0.2, 0) is 0 Å². The molecule has 2 rings (SSSR count). The highest BCUT2D eigenvalue weighted by Crippen LogP contribution is 2.41. The van der Waals surface area contributed by atoms with Crippen molar-refractivity contribution in [2.45, 2.75) is 52.9 Å². The van der Waals surface area contributed by atoms with Crippen LogP contribution in [0, 0.1) is 5.92 Å². The van der Waals surface area contributed by atoms with Gasteiger partial charge in [0.05, 0.1) is 0 Å². The van der Waals surface area contributed by atoms with Crippen molar-refractivity contribution in [3.8, 4) is 0 Å². The quantitative estimate of drug-likeness (QED) is 0.614. The second kappa shape index (κ2) is 5.77. The van der Waals surface area contributed by atoms with Gasteiger partial charge in [0.25, 0.3) is 0 Å². The summed E-state index contributed by atoms with van der Waals surface area (Å²) >= 11 is 0. The second-order valence-electron chi connectivity index (χ2n) is 6.11. The number of hydrogen-bond donors (Lipinski definition) is 0. The summed E-state index contributed by atoms with van der Waals surface area (Å²) in [6.07, 6.45) is 6.38. The molecule has 0 atom stereocenters. The average Bonchev–Trinajstić information content (AvgIpc) is 2.28. The lowest BCUT2D eigenvalue weighted by molar-refractivity contribution is 0.419. The van der Waals surface area contributed by atoms with Gasteiger partial charge in [-0.15, -0.1) is 0 Å². The summed E-state index contributed by atoms with van der Waals surface area (Å²) in [5.74, 6) is 1.35. The Balaban J connectivity index is 2.52. The zero-order chi connectivity index (χ0) is 14.0. The van der Waals surface area contributed by atoms with Crippen molar-refractivity contribution in [2.75, 3.05) is 0 Å². The largest absolute Gasteiger partial charge is 0.0955 e. The van der Waals surface area contributed by atoms with Crippen molar-refractivity contribution in [1.82, 2.24) is 0 Å². The molecule has 0 N–H and O–H groups in total. The molecule has 1 aliphatic carbocycles. The standard InChI is InChI=1S/C19H26/c1-6-17(14(4)5)19-12-16(13(2)3)10-11-18(19)15-8-7-9-15/h6,10-12,14-15H,2,7-9H2,1,3-5H3/b17-6+. The van der Waals surface area contributed by atoms with Crippen molar-refractivity contribution in [3.63, 3.8) is 0 Å². The van der Waals surface area contributed by atoms with Gasteiger partial charge in [-0.3, -0.25) is 0 Å². The van der Waals surface area contributed by atoms with E-state index in [0.29, 0.717) is 5.92 Å². The molecule has 1 fully saturated rings. The highest BCUT2D eigenvalue weighted by Gasteiger charge is 2.24. The van der Waals surface area contributed by atoms with E-state index in [1.807, 2.05) is 0 Å². The molecule has 1 saturated carbocycles. The van der Waals surface area contributed by atoms with Gasteiger partial charge in [-0.25, -0.2) is 0 Å². The van der Waals surface area contributed by atoms with E-state index < -0.39 is 0 Å². The van der Waals surface area contributed by atoms with E-state index in [2.05, 4.69) is 58.5 Å². The summed E-state index contributed by atoms with van der Waals surface area (Å²) in [6, 6.07) is 6.94. The third-order valence-electron chi connectivity index (χ3n) is 4.34. The Morgan fingerprint density at radius 3 is 2.42 bits per heavy atom. The van der Waals surface area contributed by atoms with E-state index in [1.165, 1.54) is 36.0 Å². The van der Waals surface area contributed by atoms with E-state index in [4.69, 9.17) is 0 Å². The van der Waals surface area contributed by atoms with Crippen molar-refractivity contribution in [3.05, 3.63) is 47.5 Å². The molecular weight excluding hydrogens is 228 g/mol. The summed E-state index contributed by atoms with van der Waals surface area (Å²) in [6.45, 7) is 12.9. The predicted octanol–water partition coefficient (Wildman–Crippen LogP) is 6.05. The molecule has 102 valence electrons. The van der Waals surface area contributed by atoms with Gasteiger partial charge in [0.15, 0.2) is 0 Å². The molecule has 0 heteroatoms. The van der Waals surface area contributed by atoms with Gasteiger partial charge in [-0.05, 0) is 66.9 Å². The highest BCUT2D eigenvalue weighted by molar-refractivity contribution is 5.74. The van der Waals surface area contributed by atoms with E-state index in [1.54, 1.807) is 5.56 Å². The van der Waals surface area contributed by atoms with Crippen LogP contribution in [0.25, 0.3) is 11.1 Å². The Labute approximate surface area is 118 Å². The third-order valence-corrected chi connectivity index (χ3v) is 4.34. The smallest absolute Gasteiger partial charge is 0.0156 e. The lowest BCUT2D eigenvalue weighted by Crippen LogP contribution is -2.12. The number of hydrogen-bond acceptors (Lipinski definition) is 0. The highest BCUT2D eigenvalue weighted by atomic mass is 14.3. The van der Waals surface area contributed by atoms with Crippen molar-refractivity contribution in [2.24, 2.45) is 5.92 Å². The van der Waals surface area contributed by atoms with Gasteiger partial charge >= 0.3 is 0 Å². The summed E-state index contributed by atoms with van der Waals surface area (Å²) in [5, 5.41) is 0. The monoisotopic (exact) mass is 254 g/mol. The summed E-state index contributed by atoms with van der Waals surface area (Å²) in [7, 11) is 0. The Bertz CT molecular complexity index is 499. The van der Waals surface area contributed by atoms with Crippen LogP contribution in [0.1, 0.15) is 69.6 Å².